The van der Waals surface area contributed by atoms with Crippen molar-refractivity contribution >= 4 is 40.7 Å². The van der Waals surface area contributed by atoms with Crippen LogP contribution < -0.4 is 21.5 Å². The molecule has 0 atom stereocenters. The van der Waals surface area contributed by atoms with Crippen molar-refractivity contribution < 1.29 is 14.4 Å². The Kier molecular flexibility index (Phi) is 8.26. The molecule has 0 aliphatic heterocycles. The second kappa shape index (κ2) is 11.5. The third-order valence-electron chi connectivity index (χ3n) is 4.71. The van der Waals surface area contributed by atoms with Crippen molar-refractivity contribution in [3.63, 3.8) is 0 Å². The topological polar surface area (TPSA) is 99.3 Å². The summed E-state index contributed by atoms with van der Waals surface area (Å²) >= 11 is 5.05. The van der Waals surface area contributed by atoms with E-state index in [-0.39, 0.29) is 23.3 Å². The first-order chi connectivity index (χ1) is 15.9. The van der Waals surface area contributed by atoms with E-state index in [4.69, 9.17) is 12.2 Å². The maximum atomic E-state index is 12.3. The highest BCUT2D eigenvalue weighted by Crippen LogP contribution is 2.12. The number of carbonyl (C=O) groups is 3. The summed E-state index contributed by atoms with van der Waals surface area (Å²) in [6.07, 6.45) is 0.865. The molecule has 3 aromatic carbocycles. The van der Waals surface area contributed by atoms with Gasteiger partial charge in [0.05, 0.1) is 0 Å². The van der Waals surface area contributed by atoms with Crippen LogP contribution in [0.25, 0.3) is 0 Å². The second-order valence-electron chi connectivity index (χ2n) is 7.34. The molecule has 0 heterocycles. The van der Waals surface area contributed by atoms with Gasteiger partial charge in [0.1, 0.15) is 0 Å². The SMILES string of the molecule is Cc1cccc(C(=O)Nc2ccc(C(=O)NNC(=S)NC(=O)CCc3ccccc3)cc2)c1. The fourth-order valence-electron chi connectivity index (χ4n) is 3.00. The normalized spacial score (nSPS) is 10.1. The Morgan fingerprint density at radius 2 is 1.52 bits per heavy atom. The highest BCUT2D eigenvalue weighted by molar-refractivity contribution is 7.80. The van der Waals surface area contributed by atoms with Crippen LogP contribution >= 0.6 is 12.2 Å². The molecule has 4 N–H and O–H groups in total. The van der Waals surface area contributed by atoms with E-state index in [2.05, 4.69) is 21.5 Å². The number of rotatable bonds is 6. The number of hydrogen-bond donors (Lipinski definition) is 4. The number of thiocarbonyl (C=S) groups is 1. The summed E-state index contributed by atoms with van der Waals surface area (Å²) in [7, 11) is 0. The molecule has 7 nitrogen and oxygen atoms in total. The fourth-order valence-corrected chi connectivity index (χ4v) is 3.17. The smallest absolute Gasteiger partial charge is 0.269 e. The van der Waals surface area contributed by atoms with Crippen LogP contribution in [-0.4, -0.2) is 22.8 Å². The van der Waals surface area contributed by atoms with Gasteiger partial charge in [0.25, 0.3) is 11.8 Å². The lowest BCUT2D eigenvalue weighted by Crippen LogP contribution is -2.48. The van der Waals surface area contributed by atoms with Gasteiger partial charge in [-0.2, -0.15) is 0 Å². The van der Waals surface area contributed by atoms with Crippen LogP contribution in [0.1, 0.15) is 38.3 Å². The number of carbonyl (C=O) groups excluding carboxylic acids is 3. The van der Waals surface area contributed by atoms with Crippen LogP contribution in [0.15, 0.2) is 78.9 Å². The number of hydrazine groups is 1. The molecule has 33 heavy (non-hydrogen) atoms. The molecule has 0 radical (unpaired) electrons. The highest BCUT2D eigenvalue weighted by atomic mass is 32.1. The van der Waals surface area contributed by atoms with Crippen LogP contribution in [0, 0.1) is 6.92 Å². The highest BCUT2D eigenvalue weighted by Gasteiger charge is 2.10. The zero-order chi connectivity index (χ0) is 23.6. The summed E-state index contributed by atoms with van der Waals surface area (Å²) in [5, 5.41) is 5.32. The Balaban J connectivity index is 1.43. The van der Waals surface area contributed by atoms with Crippen LogP contribution in [-0.2, 0) is 11.2 Å². The van der Waals surface area contributed by atoms with Crippen LogP contribution in [0.3, 0.4) is 0 Å². The first kappa shape index (κ1) is 23.6. The molecule has 0 bridgehead atoms. The number of hydrogen-bond acceptors (Lipinski definition) is 4. The van der Waals surface area contributed by atoms with Gasteiger partial charge < -0.3 is 10.6 Å². The molecule has 8 heteroatoms. The molecule has 0 aromatic heterocycles. The van der Waals surface area contributed by atoms with Crippen molar-refractivity contribution in [2.75, 3.05) is 5.32 Å². The summed E-state index contributed by atoms with van der Waals surface area (Å²) in [6.45, 7) is 1.92. The third kappa shape index (κ3) is 7.55. The number of anilines is 1. The van der Waals surface area contributed by atoms with Gasteiger partial charge >= 0.3 is 0 Å². The number of amides is 3. The molecule has 0 spiro atoms. The lowest BCUT2D eigenvalue weighted by atomic mass is 10.1. The molecular weight excluding hydrogens is 436 g/mol. The molecule has 0 aliphatic carbocycles. The molecular formula is C25H24N4O3S. The van der Waals surface area contributed by atoms with Gasteiger partial charge in [-0.05, 0) is 67.5 Å². The van der Waals surface area contributed by atoms with E-state index >= 15 is 0 Å². The number of aryl methyl sites for hydroxylation is 2. The van der Waals surface area contributed by atoms with E-state index in [0.717, 1.165) is 11.1 Å². The Hall–Kier alpha value is -4.04. The Morgan fingerprint density at radius 3 is 2.21 bits per heavy atom. The van der Waals surface area contributed by atoms with E-state index in [0.29, 0.717) is 23.2 Å². The minimum absolute atomic E-state index is 0.00319. The zero-order valence-electron chi connectivity index (χ0n) is 18.1. The molecule has 168 valence electrons. The fraction of sp³-hybridized carbons (Fsp3) is 0.120. The van der Waals surface area contributed by atoms with Crippen molar-refractivity contribution in [2.45, 2.75) is 19.8 Å². The van der Waals surface area contributed by atoms with Crippen LogP contribution in [0.5, 0.6) is 0 Å². The van der Waals surface area contributed by atoms with Crippen molar-refractivity contribution in [3.05, 3.63) is 101 Å². The van der Waals surface area contributed by atoms with Crippen LogP contribution in [0.4, 0.5) is 5.69 Å². The van der Waals surface area contributed by atoms with E-state index in [1.807, 2.05) is 49.4 Å². The number of benzene rings is 3. The molecule has 0 fully saturated rings. The van der Waals surface area contributed by atoms with Gasteiger partial charge in [0.2, 0.25) is 5.91 Å². The lowest BCUT2D eigenvalue weighted by molar-refractivity contribution is -0.119. The Morgan fingerprint density at radius 1 is 0.788 bits per heavy atom. The summed E-state index contributed by atoms with van der Waals surface area (Å²) in [4.78, 5) is 36.6. The Bertz CT molecular complexity index is 1150. The van der Waals surface area contributed by atoms with Crippen molar-refractivity contribution in [1.82, 2.24) is 16.2 Å². The summed E-state index contributed by atoms with van der Waals surface area (Å²) in [6, 6.07) is 23.3. The first-order valence-corrected chi connectivity index (χ1v) is 10.7. The molecule has 0 aliphatic rings. The molecule has 0 saturated carbocycles. The third-order valence-corrected chi connectivity index (χ3v) is 4.92. The summed E-state index contributed by atoms with van der Waals surface area (Å²) in [5.74, 6) is -0.919. The van der Waals surface area contributed by atoms with E-state index in [1.165, 1.54) is 0 Å². The van der Waals surface area contributed by atoms with E-state index in [1.54, 1.807) is 36.4 Å². The molecule has 0 unspecified atom stereocenters. The largest absolute Gasteiger partial charge is 0.322 e. The van der Waals surface area contributed by atoms with Gasteiger partial charge in [-0.3, -0.25) is 25.2 Å². The summed E-state index contributed by atoms with van der Waals surface area (Å²) < 4.78 is 0. The minimum atomic E-state index is -0.438. The molecule has 3 aromatic rings. The van der Waals surface area contributed by atoms with Crippen molar-refractivity contribution in [2.24, 2.45) is 0 Å². The van der Waals surface area contributed by atoms with E-state index in [9.17, 15) is 14.4 Å². The lowest BCUT2D eigenvalue weighted by Gasteiger charge is -2.11. The van der Waals surface area contributed by atoms with Gasteiger partial charge in [-0.15, -0.1) is 0 Å². The summed E-state index contributed by atoms with van der Waals surface area (Å²) in [5.41, 5.74) is 8.47. The predicted octanol–water partition coefficient (Wildman–Crippen LogP) is 3.52. The molecule has 3 amide bonds. The molecule has 0 saturated heterocycles. The van der Waals surface area contributed by atoms with E-state index < -0.39 is 5.91 Å². The zero-order valence-corrected chi connectivity index (χ0v) is 18.9. The van der Waals surface area contributed by atoms with Gasteiger partial charge in [-0.1, -0.05) is 48.0 Å². The minimum Gasteiger partial charge on any atom is -0.322 e. The van der Waals surface area contributed by atoms with Gasteiger partial charge in [-0.25, -0.2) is 0 Å². The van der Waals surface area contributed by atoms with Crippen molar-refractivity contribution in [3.8, 4) is 0 Å². The predicted molar refractivity (Wildman–Crippen MR) is 132 cm³/mol. The second-order valence-corrected chi connectivity index (χ2v) is 7.75. The quantitative estimate of drug-likeness (QED) is 0.333. The van der Waals surface area contributed by atoms with Crippen molar-refractivity contribution in [1.29, 1.82) is 0 Å². The Labute approximate surface area is 197 Å². The first-order valence-electron chi connectivity index (χ1n) is 10.3. The average molecular weight is 461 g/mol. The standard InChI is InChI=1S/C25H24N4O3S/c1-17-6-5-9-20(16-17)23(31)26-21-13-11-19(12-14-21)24(32)28-29-25(33)27-22(30)15-10-18-7-3-2-4-8-18/h2-9,11-14,16H,10,15H2,1H3,(H,26,31)(H,28,32)(H2,27,29,30,33). The monoisotopic (exact) mass is 460 g/mol. The maximum Gasteiger partial charge on any atom is 0.269 e. The van der Waals surface area contributed by atoms with Crippen LogP contribution in [0.2, 0.25) is 0 Å². The van der Waals surface area contributed by atoms with Gasteiger partial charge in [0.15, 0.2) is 5.11 Å². The average Bonchev–Trinajstić information content (AvgIpc) is 2.82. The number of nitrogens with one attached hydrogen (secondary N) is 4. The van der Waals surface area contributed by atoms with Gasteiger partial charge in [0, 0.05) is 23.2 Å². The maximum absolute atomic E-state index is 12.3. The molecule has 3 rings (SSSR count).